The van der Waals surface area contributed by atoms with E-state index < -0.39 is 40.9 Å². The maximum Gasteiger partial charge on any atom is 0.294 e. The van der Waals surface area contributed by atoms with Crippen molar-refractivity contribution in [1.29, 1.82) is 0 Å². The number of carbonyl (C=O) groups is 2. The summed E-state index contributed by atoms with van der Waals surface area (Å²) in [7, 11) is 0. The zero-order chi connectivity index (χ0) is 20.7. The molecule has 0 radical (unpaired) electrons. The van der Waals surface area contributed by atoms with Crippen LogP contribution in [-0.2, 0) is 4.79 Å². The monoisotopic (exact) mass is 415 g/mol. The van der Waals surface area contributed by atoms with Crippen molar-refractivity contribution < 1.29 is 27.9 Å². The number of aliphatic hydroxyl groups is 1. The molecular formula is C21H12F3NO3S. The van der Waals surface area contributed by atoms with E-state index in [1.165, 1.54) is 18.2 Å². The molecule has 0 saturated carbocycles. The van der Waals surface area contributed by atoms with Crippen LogP contribution in [0.3, 0.4) is 0 Å². The Bertz CT molecular complexity index is 1140. The van der Waals surface area contributed by atoms with Crippen LogP contribution in [0.15, 0.2) is 71.3 Å². The Balaban J connectivity index is 1.91. The van der Waals surface area contributed by atoms with Crippen LogP contribution in [0.5, 0.6) is 0 Å². The fraction of sp³-hybridized carbons (Fsp3) is 0.0476. The summed E-state index contributed by atoms with van der Waals surface area (Å²) in [4.78, 5) is 27.0. The number of nitrogens with zero attached hydrogens (tertiary/aromatic N) is 1. The van der Waals surface area contributed by atoms with Gasteiger partial charge in [-0.15, -0.1) is 11.3 Å². The molecule has 1 atom stereocenters. The molecule has 1 aromatic heterocycles. The van der Waals surface area contributed by atoms with Gasteiger partial charge in [0.15, 0.2) is 5.76 Å². The Morgan fingerprint density at radius 3 is 2.31 bits per heavy atom. The SMILES string of the molecule is O=C(C1=C(O)C(=O)N(c2ccc(F)cc2F)C1c1ccc(F)cc1)c1cccs1. The quantitative estimate of drug-likeness (QED) is 0.614. The van der Waals surface area contributed by atoms with Gasteiger partial charge in [-0.25, -0.2) is 13.2 Å². The molecule has 29 heavy (non-hydrogen) atoms. The van der Waals surface area contributed by atoms with Crippen LogP contribution in [0, 0.1) is 17.5 Å². The molecule has 1 N–H and O–H groups in total. The van der Waals surface area contributed by atoms with Crippen LogP contribution >= 0.6 is 11.3 Å². The summed E-state index contributed by atoms with van der Waals surface area (Å²) >= 11 is 1.11. The van der Waals surface area contributed by atoms with Gasteiger partial charge < -0.3 is 5.11 Å². The minimum Gasteiger partial charge on any atom is -0.503 e. The number of benzene rings is 2. The number of halogens is 3. The molecule has 2 heterocycles. The van der Waals surface area contributed by atoms with Crippen LogP contribution in [0.25, 0.3) is 0 Å². The number of amides is 1. The predicted molar refractivity (Wildman–Crippen MR) is 101 cm³/mol. The summed E-state index contributed by atoms with van der Waals surface area (Å²) in [6.45, 7) is 0. The van der Waals surface area contributed by atoms with Crippen LogP contribution < -0.4 is 4.90 Å². The lowest BCUT2D eigenvalue weighted by Gasteiger charge is -2.27. The van der Waals surface area contributed by atoms with Gasteiger partial charge in [-0.05, 0) is 41.3 Å². The van der Waals surface area contributed by atoms with Gasteiger partial charge in [-0.2, -0.15) is 0 Å². The number of Topliss-reactive ketones (excluding diaryl/α,β-unsaturated/α-hetero) is 1. The Morgan fingerprint density at radius 1 is 1.00 bits per heavy atom. The number of hydrogen-bond donors (Lipinski definition) is 1. The van der Waals surface area contributed by atoms with Crippen molar-refractivity contribution in [2.75, 3.05) is 4.90 Å². The average Bonchev–Trinajstić information content (AvgIpc) is 3.31. The second kappa shape index (κ2) is 7.21. The molecule has 1 amide bonds. The molecule has 1 aliphatic heterocycles. The highest BCUT2D eigenvalue weighted by atomic mass is 32.1. The first-order valence-electron chi connectivity index (χ1n) is 8.44. The molecule has 8 heteroatoms. The zero-order valence-electron chi connectivity index (χ0n) is 14.6. The van der Waals surface area contributed by atoms with Gasteiger partial charge in [0, 0.05) is 6.07 Å². The van der Waals surface area contributed by atoms with E-state index in [4.69, 9.17) is 0 Å². The molecule has 0 aliphatic carbocycles. The van der Waals surface area contributed by atoms with Gasteiger partial charge in [0.1, 0.15) is 17.5 Å². The van der Waals surface area contributed by atoms with Crippen LogP contribution in [0.4, 0.5) is 18.9 Å². The van der Waals surface area contributed by atoms with Crippen molar-refractivity contribution in [2.24, 2.45) is 0 Å². The lowest BCUT2D eigenvalue weighted by Crippen LogP contribution is -2.31. The van der Waals surface area contributed by atoms with Crippen molar-refractivity contribution in [1.82, 2.24) is 0 Å². The van der Waals surface area contributed by atoms with E-state index in [2.05, 4.69) is 0 Å². The maximum atomic E-state index is 14.5. The molecule has 1 aliphatic rings. The highest BCUT2D eigenvalue weighted by Gasteiger charge is 2.45. The Labute approximate surface area is 167 Å². The largest absolute Gasteiger partial charge is 0.503 e. The number of rotatable bonds is 4. The molecule has 4 rings (SSSR count). The molecule has 0 bridgehead atoms. The maximum absolute atomic E-state index is 14.5. The third kappa shape index (κ3) is 3.21. The van der Waals surface area contributed by atoms with Crippen LogP contribution in [0.1, 0.15) is 21.3 Å². The fourth-order valence-electron chi connectivity index (χ4n) is 3.26. The molecule has 4 nitrogen and oxygen atoms in total. The lowest BCUT2D eigenvalue weighted by atomic mass is 9.95. The number of ketones is 1. The van der Waals surface area contributed by atoms with E-state index in [0.29, 0.717) is 6.07 Å². The fourth-order valence-corrected chi connectivity index (χ4v) is 3.94. The van der Waals surface area contributed by atoms with Crippen LogP contribution in [-0.4, -0.2) is 16.8 Å². The van der Waals surface area contributed by atoms with E-state index in [1.54, 1.807) is 11.4 Å². The minimum atomic E-state index is -1.21. The predicted octanol–water partition coefficient (Wildman–Crippen LogP) is 4.95. The topological polar surface area (TPSA) is 57.6 Å². The molecule has 3 aromatic rings. The van der Waals surface area contributed by atoms with Crippen LogP contribution in [0.2, 0.25) is 0 Å². The van der Waals surface area contributed by atoms with Crippen molar-refractivity contribution in [3.63, 3.8) is 0 Å². The zero-order valence-corrected chi connectivity index (χ0v) is 15.4. The van der Waals surface area contributed by atoms with Crippen molar-refractivity contribution in [2.45, 2.75) is 6.04 Å². The summed E-state index contributed by atoms with van der Waals surface area (Å²) in [5.74, 6) is -4.88. The molecule has 0 fully saturated rings. The number of aliphatic hydroxyl groups excluding tert-OH is 1. The number of thiophene rings is 1. The third-order valence-corrected chi connectivity index (χ3v) is 5.42. The Morgan fingerprint density at radius 2 is 1.69 bits per heavy atom. The highest BCUT2D eigenvalue weighted by Crippen LogP contribution is 2.43. The van der Waals surface area contributed by atoms with E-state index >= 15 is 0 Å². The van der Waals surface area contributed by atoms with Crippen molar-refractivity contribution in [3.05, 3.63) is 99.2 Å². The first kappa shape index (κ1) is 18.9. The van der Waals surface area contributed by atoms with E-state index in [0.717, 1.165) is 40.5 Å². The van der Waals surface area contributed by atoms with Gasteiger partial charge in [0.2, 0.25) is 5.78 Å². The molecule has 2 aromatic carbocycles. The first-order chi connectivity index (χ1) is 13.9. The summed E-state index contributed by atoms with van der Waals surface area (Å²) in [6.07, 6.45) is 0. The second-order valence-corrected chi connectivity index (χ2v) is 7.24. The van der Waals surface area contributed by atoms with Gasteiger partial charge in [-0.1, -0.05) is 18.2 Å². The molecule has 0 saturated heterocycles. The molecule has 1 unspecified atom stereocenters. The van der Waals surface area contributed by atoms with E-state index in [-0.39, 0.29) is 21.7 Å². The third-order valence-electron chi connectivity index (χ3n) is 4.55. The van der Waals surface area contributed by atoms with Gasteiger partial charge in [0.25, 0.3) is 5.91 Å². The molecule has 146 valence electrons. The number of anilines is 1. The standard InChI is InChI=1S/C21H12F3NO3S/c22-12-5-3-11(4-6-12)18-17(19(26)16-2-1-9-29-16)20(27)21(28)25(18)15-8-7-13(23)10-14(15)24/h1-10,18,27H. The molecular weight excluding hydrogens is 403 g/mol. The minimum absolute atomic E-state index is 0.257. The average molecular weight is 415 g/mol. The van der Waals surface area contributed by atoms with Gasteiger partial charge in [0.05, 0.1) is 22.2 Å². The van der Waals surface area contributed by atoms with Gasteiger partial charge >= 0.3 is 0 Å². The Hall–Kier alpha value is -3.39. The van der Waals surface area contributed by atoms with Crippen molar-refractivity contribution in [3.8, 4) is 0 Å². The highest BCUT2D eigenvalue weighted by molar-refractivity contribution is 7.12. The summed E-state index contributed by atoms with van der Waals surface area (Å²) in [5, 5.41) is 12.2. The smallest absolute Gasteiger partial charge is 0.294 e. The Kier molecular flexibility index (Phi) is 4.71. The molecule has 0 spiro atoms. The first-order valence-corrected chi connectivity index (χ1v) is 9.32. The normalized spacial score (nSPS) is 16.6. The lowest BCUT2D eigenvalue weighted by molar-refractivity contribution is -0.117. The number of carbonyl (C=O) groups excluding carboxylic acids is 2. The van der Waals surface area contributed by atoms with E-state index in [1.807, 2.05) is 0 Å². The second-order valence-electron chi connectivity index (χ2n) is 6.29. The summed E-state index contributed by atoms with van der Waals surface area (Å²) in [5.41, 5.74) is -0.286. The van der Waals surface area contributed by atoms with Gasteiger partial charge in [-0.3, -0.25) is 14.5 Å². The van der Waals surface area contributed by atoms with E-state index in [9.17, 15) is 27.9 Å². The number of hydrogen-bond acceptors (Lipinski definition) is 4. The van der Waals surface area contributed by atoms with Crippen molar-refractivity contribution >= 4 is 28.7 Å². The summed E-state index contributed by atoms with van der Waals surface area (Å²) in [6, 6.07) is 9.48. The summed E-state index contributed by atoms with van der Waals surface area (Å²) < 4.78 is 41.3.